The molecule has 2 aromatic carbocycles. The van der Waals surface area contributed by atoms with Crippen molar-refractivity contribution in [2.75, 3.05) is 20.1 Å². The van der Waals surface area contributed by atoms with E-state index >= 15 is 0 Å². The number of aliphatic imine (C=N–C) groups is 1. The van der Waals surface area contributed by atoms with E-state index in [9.17, 15) is 0 Å². The molecule has 1 aliphatic heterocycles. The van der Waals surface area contributed by atoms with E-state index in [-0.39, 0.29) is 24.0 Å². The second kappa shape index (κ2) is 12.2. The zero-order valence-electron chi connectivity index (χ0n) is 19.7. The fourth-order valence-corrected chi connectivity index (χ4v) is 4.04. The summed E-state index contributed by atoms with van der Waals surface area (Å²) < 4.78 is 5.66. The Morgan fingerprint density at radius 2 is 1.82 bits per heavy atom. The van der Waals surface area contributed by atoms with E-state index < -0.39 is 0 Å². The number of piperidine rings is 1. The van der Waals surface area contributed by atoms with Crippen molar-refractivity contribution in [2.45, 2.75) is 45.8 Å². The Hall–Kier alpha value is -2.39. The van der Waals surface area contributed by atoms with Gasteiger partial charge in [-0.3, -0.25) is 9.89 Å². The molecule has 0 bridgehead atoms. The maximum absolute atomic E-state index is 5.66. The molecular formula is C26H34IN5O. The quantitative estimate of drug-likeness (QED) is 0.256. The summed E-state index contributed by atoms with van der Waals surface area (Å²) >= 11 is 0. The highest BCUT2D eigenvalue weighted by molar-refractivity contribution is 14.0. The molecule has 33 heavy (non-hydrogen) atoms. The van der Waals surface area contributed by atoms with Gasteiger partial charge in [-0.05, 0) is 49.9 Å². The number of aromatic nitrogens is 1. The van der Waals surface area contributed by atoms with Crippen LogP contribution in [0.5, 0.6) is 0 Å². The Kier molecular flexibility index (Phi) is 9.31. The average molecular weight is 559 g/mol. The van der Waals surface area contributed by atoms with Gasteiger partial charge in [-0.25, -0.2) is 4.98 Å². The van der Waals surface area contributed by atoms with Crippen molar-refractivity contribution in [1.29, 1.82) is 0 Å². The number of nitrogens with zero attached hydrogens (tertiary/aromatic N) is 3. The minimum absolute atomic E-state index is 0. The lowest BCUT2D eigenvalue weighted by atomic mass is 10.0. The molecule has 1 saturated heterocycles. The number of oxazole rings is 1. The van der Waals surface area contributed by atoms with Crippen molar-refractivity contribution in [3.05, 3.63) is 77.2 Å². The van der Waals surface area contributed by atoms with Gasteiger partial charge in [-0.2, -0.15) is 0 Å². The fourth-order valence-electron chi connectivity index (χ4n) is 4.04. The van der Waals surface area contributed by atoms with Crippen molar-refractivity contribution in [3.63, 3.8) is 0 Å². The van der Waals surface area contributed by atoms with Gasteiger partial charge in [0.15, 0.2) is 5.96 Å². The Morgan fingerprint density at radius 1 is 1.09 bits per heavy atom. The maximum atomic E-state index is 5.66. The van der Waals surface area contributed by atoms with Crippen LogP contribution in [-0.2, 0) is 13.1 Å². The molecule has 1 fully saturated rings. The minimum atomic E-state index is 0. The average Bonchev–Trinajstić information content (AvgIpc) is 3.29. The van der Waals surface area contributed by atoms with Crippen LogP contribution in [0, 0.1) is 13.8 Å². The number of guanidine groups is 1. The Morgan fingerprint density at radius 3 is 2.52 bits per heavy atom. The van der Waals surface area contributed by atoms with E-state index in [1.165, 1.54) is 16.7 Å². The summed E-state index contributed by atoms with van der Waals surface area (Å²) in [5.41, 5.74) is 5.86. The van der Waals surface area contributed by atoms with Gasteiger partial charge < -0.3 is 15.1 Å². The van der Waals surface area contributed by atoms with Gasteiger partial charge in [0.05, 0.1) is 12.2 Å². The number of hydrogen-bond donors (Lipinski definition) is 2. The Bertz CT molecular complexity index is 1040. The lowest BCUT2D eigenvalue weighted by Crippen LogP contribution is -2.48. The van der Waals surface area contributed by atoms with E-state index in [1.54, 1.807) is 6.26 Å². The highest BCUT2D eigenvalue weighted by atomic mass is 127. The van der Waals surface area contributed by atoms with Crippen LogP contribution in [0.1, 0.15) is 35.2 Å². The molecule has 0 amide bonds. The lowest BCUT2D eigenvalue weighted by Gasteiger charge is -2.33. The number of nitrogens with one attached hydrogen (secondary N) is 2. The van der Waals surface area contributed by atoms with Crippen LogP contribution in [0.2, 0.25) is 0 Å². The molecular weight excluding hydrogens is 525 g/mol. The molecule has 0 aliphatic carbocycles. The normalized spacial score (nSPS) is 15.2. The van der Waals surface area contributed by atoms with Crippen LogP contribution in [0.3, 0.4) is 0 Å². The molecule has 0 spiro atoms. The van der Waals surface area contributed by atoms with Crippen molar-refractivity contribution in [1.82, 2.24) is 20.5 Å². The molecule has 1 aliphatic rings. The van der Waals surface area contributed by atoms with Crippen LogP contribution >= 0.6 is 24.0 Å². The maximum Gasteiger partial charge on any atom is 0.226 e. The van der Waals surface area contributed by atoms with Crippen LogP contribution in [0.4, 0.5) is 0 Å². The first-order valence-corrected chi connectivity index (χ1v) is 11.4. The molecule has 2 N–H and O–H groups in total. The van der Waals surface area contributed by atoms with Crippen molar-refractivity contribution in [3.8, 4) is 11.5 Å². The van der Waals surface area contributed by atoms with Gasteiger partial charge in [-0.1, -0.05) is 42.0 Å². The molecule has 1 aromatic heterocycles. The van der Waals surface area contributed by atoms with Gasteiger partial charge in [0.2, 0.25) is 5.89 Å². The predicted octanol–water partition coefficient (Wildman–Crippen LogP) is 4.91. The molecule has 6 nitrogen and oxygen atoms in total. The zero-order chi connectivity index (χ0) is 22.3. The van der Waals surface area contributed by atoms with E-state index in [0.29, 0.717) is 18.5 Å². The predicted molar refractivity (Wildman–Crippen MR) is 145 cm³/mol. The first kappa shape index (κ1) is 25.2. The Balaban J connectivity index is 0.00000306. The topological polar surface area (TPSA) is 65.7 Å². The molecule has 0 atom stereocenters. The van der Waals surface area contributed by atoms with Crippen molar-refractivity contribution in [2.24, 2.45) is 4.99 Å². The monoisotopic (exact) mass is 559 g/mol. The fraction of sp³-hybridized carbons (Fsp3) is 0.385. The van der Waals surface area contributed by atoms with E-state index in [0.717, 1.165) is 49.7 Å². The number of benzene rings is 2. The van der Waals surface area contributed by atoms with Crippen LogP contribution in [0.15, 0.2) is 64.2 Å². The van der Waals surface area contributed by atoms with E-state index in [4.69, 9.17) is 4.42 Å². The zero-order valence-corrected chi connectivity index (χ0v) is 22.0. The number of hydrogen-bond acceptors (Lipinski definition) is 4. The van der Waals surface area contributed by atoms with Crippen molar-refractivity contribution >= 4 is 29.9 Å². The molecule has 7 heteroatoms. The number of rotatable bonds is 6. The second-order valence-electron chi connectivity index (χ2n) is 8.56. The third-order valence-corrected chi connectivity index (χ3v) is 6.09. The molecule has 0 unspecified atom stereocenters. The first-order chi connectivity index (χ1) is 15.6. The molecule has 0 radical (unpaired) electrons. The third-order valence-electron chi connectivity index (χ3n) is 6.09. The summed E-state index contributed by atoms with van der Waals surface area (Å²) in [6.45, 7) is 8.04. The summed E-state index contributed by atoms with van der Waals surface area (Å²) in [7, 11) is 1.81. The highest BCUT2D eigenvalue weighted by Crippen LogP contribution is 2.19. The van der Waals surface area contributed by atoms with Gasteiger partial charge in [0.1, 0.15) is 6.26 Å². The van der Waals surface area contributed by atoms with Crippen molar-refractivity contribution < 1.29 is 4.42 Å². The van der Waals surface area contributed by atoms with Gasteiger partial charge in [0, 0.05) is 38.3 Å². The summed E-state index contributed by atoms with van der Waals surface area (Å²) in [6.07, 6.45) is 3.92. The van der Waals surface area contributed by atoms with E-state index in [2.05, 4.69) is 75.8 Å². The first-order valence-electron chi connectivity index (χ1n) is 11.4. The summed E-state index contributed by atoms with van der Waals surface area (Å²) in [5.74, 6) is 1.45. The highest BCUT2D eigenvalue weighted by Gasteiger charge is 2.20. The molecule has 0 saturated carbocycles. The molecule has 176 valence electrons. The second-order valence-corrected chi connectivity index (χ2v) is 8.56. The number of likely N-dealkylation sites (tertiary alicyclic amines) is 1. The standard InChI is InChI=1S/C26H33N5O.HI/c1-19-8-10-21(11-9-19)25-29-24(18-32-25)16-28-26(27-3)30-23-12-14-31(15-13-23)17-22-7-5-4-6-20(22)2;/h4-11,18,23H,12-17H2,1-3H3,(H2,27,28,30);1H. The largest absolute Gasteiger partial charge is 0.444 e. The molecule has 3 aromatic rings. The van der Waals surface area contributed by atoms with Gasteiger partial charge in [0.25, 0.3) is 0 Å². The van der Waals surface area contributed by atoms with Crippen LogP contribution in [-0.4, -0.2) is 42.0 Å². The van der Waals surface area contributed by atoms with E-state index in [1.807, 2.05) is 19.2 Å². The number of halogens is 1. The smallest absolute Gasteiger partial charge is 0.226 e. The lowest BCUT2D eigenvalue weighted by molar-refractivity contribution is 0.198. The summed E-state index contributed by atoms with van der Waals surface area (Å²) in [5, 5.41) is 6.94. The SMILES string of the molecule is CN=C(NCc1coc(-c2ccc(C)cc2)n1)NC1CCN(Cc2ccccc2C)CC1.I. The Labute approximate surface area is 213 Å². The van der Waals surface area contributed by atoms with Gasteiger partial charge in [-0.15, -0.1) is 24.0 Å². The van der Waals surface area contributed by atoms with Crippen LogP contribution < -0.4 is 10.6 Å². The summed E-state index contributed by atoms with van der Waals surface area (Å²) in [4.78, 5) is 11.5. The molecule has 2 heterocycles. The van der Waals surface area contributed by atoms with Crippen LogP contribution in [0.25, 0.3) is 11.5 Å². The third kappa shape index (κ3) is 7.04. The minimum Gasteiger partial charge on any atom is -0.444 e. The number of aryl methyl sites for hydroxylation is 2. The van der Waals surface area contributed by atoms with Gasteiger partial charge >= 0.3 is 0 Å². The summed E-state index contributed by atoms with van der Waals surface area (Å²) in [6, 6.07) is 17.3. The molecule has 4 rings (SSSR count).